The van der Waals surface area contributed by atoms with E-state index in [0.29, 0.717) is 19.4 Å². The first-order chi connectivity index (χ1) is 8.22. The Balaban J connectivity index is 2.21. The van der Waals surface area contributed by atoms with Gasteiger partial charge in [-0.3, -0.25) is 9.48 Å². The molecule has 17 heavy (non-hydrogen) atoms. The normalized spacial score (nSPS) is 10.9. The summed E-state index contributed by atoms with van der Waals surface area (Å²) < 4.78 is 1.82. The van der Waals surface area contributed by atoms with Crippen LogP contribution in [0.5, 0.6) is 0 Å². The van der Waals surface area contributed by atoms with E-state index in [2.05, 4.69) is 5.10 Å². The molecular weight excluding hydrogens is 214 g/mol. The van der Waals surface area contributed by atoms with Gasteiger partial charge >= 0.3 is 0 Å². The minimum atomic E-state index is 0.208. The number of Topliss-reactive ketones (excluding diaryl/α,β-unsaturated/α-hetero) is 1. The number of hydrogen-bond donors (Lipinski definition) is 1. The van der Waals surface area contributed by atoms with E-state index in [-0.39, 0.29) is 5.78 Å². The second-order valence-electron chi connectivity index (χ2n) is 4.20. The molecule has 1 heterocycles. The second-order valence-corrected chi connectivity index (χ2v) is 4.20. The molecule has 2 rings (SSSR count). The fourth-order valence-electron chi connectivity index (χ4n) is 1.99. The van der Waals surface area contributed by atoms with Crippen LogP contribution in [-0.2, 0) is 18.3 Å². The first-order valence-corrected chi connectivity index (χ1v) is 5.84. The molecule has 1 aromatic carbocycles. The fourth-order valence-corrected chi connectivity index (χ4v) is 1.99. The Labute approximate surface area is 100 Å². The third-order valence-corrected chi connectivity index (χ3v) is 2.86. The predicted octanol–water partition coefficient (Wildman–Crippen LogP) is 1.42. The molecule has 0 bridgehead atoms. The lowest BCUT2D eigenvalue weighted by molar-refractivity contribution is -0.118. The van der Waals surface area contributed by atoms with Crippen molar-refractivity contribution in [2.45, 2.75) is 19.3 Å². The number of nitrogens with zero attached hydrogens (tertiary/aromatic N) is 2. The summed E-state index contributed by atoms with van der Waals surface area (Å²) in [6.45, 7) is 0.564. The number of aromatic nitrogens is 2. The predicted molar refractivity (Wildman–Crippen MR) is 67.7 cm³/mol. The zero-order chi connectivity index (χ0) is 12.3. The van der Waals surface area contributed by atoms with Crippen LogP contribution in [0.1, 0.15) is 18.5 Å². The van der Waals surface area contributed by atoms with Crippen molar-refractivity contribution in [3.63, 3.8) is 0 Å². The molecule has 0 aliphatic rings. The smallest absolute Gasteiger partial charge is 0.138 e. The summed E-state index contributed by atoms with van der Waals surface area (Å²) in [5.41, 5.74) is 7.32. The van der Waals surface area contributed by atoms with Gasteiger partial charge in [-0.05, 0) is 19.0 Å². The molecule has 0 atom stereocenters. The largest absolute Gasteiger partial charge is 0.330 e. The van der Waals surface area contributed by atoms with Gasteiger partial charge in [-0.2, -0.15) is 5.10 Å². The van der Waals surface area contributed by atoms with Crippen molar-refractivity contribution in [1.29, 1.82) is 0 Å². The molecule has 4 heteroatoms. The van der Waals surface area contributed by atoms with Crippen LogP contribution in [-0.4, -0.2) is 22.1 Å². The number of ketones is 1. The van der Waals surface area contributed by atoms with E-state index in [1.54, 1.807) is 0 Å². The van der Waals surface area contributed by atoms with Crippen LogP contribution < -0.4 is 5.73 Å². The van der Waals surface area contributed by atoms with Gasteiger partial charge in [0.2, 0.25) is 0 Å². The molecule has 0 spiro atoms. The molecule has 0 aliphatic carbocycles. The average Bonchev–Trinajstić information content (AvgIpc) is 2.65. The van der Waals surface area contributed by atoms with Crippen LogP contribution in [0.4, 0.5) is 0 Å². The maximum Gasteiger partial charge on any atom is 0.138 e. The Hall–Kier alpha value is -1.68. The van der Waals surface area contributed by atoms with E-state index >= 15 is 0 Å². The maximum atomic E-state index is 11.7. The Kier molecular flexibility index (Phi) is 3.54. The zero-order valence-electron chi connectivity index (χ0n) is 10.0. The van der Waals surface area contributed by atoms with Crippen LogP contribution in [0.15, 0.2) is 24.3 Å². The molecule has 4 nitrogen and oxygen atoms in total. The van der Waals surface area contributed by atoms with E-state index < -0.39 is 0 Å². The molecule has 0 saturated carbocycles. The van der Waals surface area contributed by atoms with E-state index in [1.807, 2.05) is 36.0 Å². The minimum absolute atomic E-state index is 0.208. The fraction of sp³-hybridized carbons (Fsp3) is 0.385. The number of carbonyl (C=O) groups is 1. The van der Waals surface area contributed by atoms with Gasteiger partial charge in [-0.25, -0.2) is 0 Å². The van der Waals surface area contributed by atoms with Crippen molar-refractivity contribution < 1.29 is 4.79 Å². The topological polar surface area (TPSA) is 60.9 Å². The van der Waals surface area contributed by atoms with Gasteiger partial charge in [-0.15, -0.1) is 0 Å². The molecule has 0 saturated heterocycles. The number of rotatable bonds is 5. The summed E-state index contributed by atoms with van der Waals surface area (Å²) in [6, 6.07) is 7.96. The quantitative estimate of drug-likeness (QED) is 0.846. The highest BCUT2D eigenvalue weighted by molar-refractivity contribution is 5.88. The van der Waals surface area contributed by atoms with Crippen LogP contribution >= 0.6 is 0 Å². The van der Waals surface area contributed by atoms with Crippen molar-refractivity contribution in [3.05, 3.63) is 30.0 Å². The van der Waals surface area contributed by atoms with Crippen LogP contribution in [0.3, 0.4) is 0 Å². The summed E-state index contributed by atoms with van der Waals surface area (Å²) in [5, 5.41) is 5.47. The molecular formula is C13H17N3O. The van der Waals surface area contributed by atoms with Gasteiger partial charge in [0.05, 0.1) is 17.6 Å². The van der Waals surface area contributed by atoms with Crippen LogP contribution in [0.2, 0.25) is 0 Å². The summed E-state index contributed by atoms with van der Waals surface area (Å²) in [7, 11) is 1.90. The van der Waals surface area contributed by atoms with Gasteiger partial charge < -0.3 is 5.73 Å². The van der Waals surface area contributed by atoms with Gasteiger partial charge in [0, 0.05) is 18.9 Å². The van der Waals surface area contributed by atoms with Crippen LogP contribution in [0, 0.1) is 0 Å². The van der Waals surface area contributed by atoms with Crippen molar-refractivity contribution in [1.82, 2.24) is 9.78 Å². The lowest BCUT2D eigenvalue weighted by atomic mass is 10.1. The maximum absolute atomic E-state index is 11.7. The lowest BCUT2D eigenvalue weighted by Crippen LogP contribution is -2.07. The molecule has 0 aliphatic heterocycles. The molecule has 0 radical (unpaired) electrons. The molecule has 0 amide bonds. The highest BCUT2D eigenvalue weighted by Gasteiger charge is 2.11. The number of fused-ring (bicyclic) bond motifs is 1. The molecule has 1 aromatic heterocycles. The SMILES string of the molecule is Cn1nc(CC(=O)CCCN)c2ccccc21. The lowest BCUT2D eigenvalue weighted by Gasteiger charge is -1.97. The number of carbonyl (C=O) groups excluding carboxylic acids is 1. The van der Waals surface area contributed by atoms with Crippen molar-refractivity contribution in [2.24, 2.45) is 12.8 Å². The highest BCUT2D eigenvalue weighted by Crippen LogP contribution is 2.18. The summed E-state index contributed by atoms with van der Waals surface area (Å²) in [5.74, 6) is 0.208. The molecule has 2 N–H and O–H groups in total. The Morgan fingerprint density at radius 2 is 2.18 bits per heavy atom. The van der Waals surface area contributed by atoms with Crippen molar-refractivity contribution >= 4 is 16.7 Å². The van der Waals surface area contributed by atoms with Gasteiger partial charge in [0.1, 0.15) is 5.78 Å². The Morgan fingerprint density at radius 3 is 2.94 bits per heavy atom. The molecule has 0 fully saturated rings. The van der Waals surface area contributed by atoms with Gasteiger partial charge in [0.25, 0.3) is 0 Å². The highest BCUT2D eigenvalue weighted by atomic mass is 16.1. The molecule has 2 aromatic rings. The van der Waals surface area contributed by atoms with Gasteiger partial charge in [-0.1, -0.05) is 18.2 Å². The third kappa shape index (κ3) is 2.53. The minimum Gasteiger partial charge on any atom is -0.330 e. The van der Waals surface area contributed by atoms with Crippen LogP contribution in [0.25, 0.3) is 10.9 Å². The zero-order valence-corrected chi connectivity index (χ0v) is 10.0. The van der Waals surface area contributed by atoms with E-state index in [0.717, 1.165) is 23.0 Å². The number of benzene rings is 1. The standard InChI is InChI=1S/C13H17N3O/c1-16-13-7-3-2-6-11(13)12(15-16)9-10(17)5-4-8-14/h2-3,6-7H,4-5,8-9,14H2,1H3. The third-order valence-electron chi connectivity index (χ3n) is 2.86. The molecule has 90 valence electrons. The monoisotopic (exact) mass is 231 g/mol. The van der Waals surface area contributed by atoms with E-state index in [1.165, 1.54) is 0 Å². The Bertz CT molecular complexity index is 530. The summed E-state index contributed by atoms with van der Waals surface area (Å²) in [4.78, 5) is 11.7. The summed E-state index contributed by atoms with van der Waals surface area (Å²) >= 11 is 0. The van der Waals surface area contributed by atoms with Crippen molar-refractivity contribution in [2.75, 3.05) is 6.54 Å². The van der Waals surface area contributed by atoms with Crippen molar-refractivity contribution in [3.8, 4) is 0 Å². The first-order valence-electron chi connectivity index (χ1n) is 5.84. The Morgan fingerprint density at radius 1 is 1.41 bits per heavy atom. The summed E-state index contributed by atoms with van der Waals surface area (Å²) in [6.07, 6.45) is 1.70. The first kappa shape index (κ1) is 11.8. The second kappa shape index (κ2) is 5.10. The number of para-hydroxylation sites is 1. The van der Waals surface area contributed by atoms with Gasteiger partial charge in [0.15, 0.2) is 0 Å². The van der Waals surface area contributed by atoms with E-state index in [9.17, 15) is 4.79 Å². The van der Waals surface area contributed by atoms with E-state index in [4.69, 9.17) is 5.73 Å². The number of hydrogen-bond acceptors (Lipinski definition) is 3. The average molecular weight is 231 g/mol. The molecule has 0 unspecified atom stereocenters. The number of aryl methyl sites for hydroxylation is 1. The number of nitrogens with two attached hydrogens (primary N) is 1.